The van der Waals surface area contributed by atoms with Crippen molar-refractivity contribution in [1.82, 2.24) is 9.78 Å². The minimum absolute atomic E-state index is 0.162. The summed E-state index contributed by atoms with van der Waals surface area (Å²) in [6, 6.07) is 0. The van der Waals surface area contributed by atoms with Crippen molar-refractivity contribution in [2.24, 2.45) is 5.73 Å². The molecule has 0 saturated heterocycles. The Kier molecular flexibility index (Phi) is 4.61. The largest absolute Gasteiger partial charge is 0.365 e. The van der Waals surface area contributed by atoms with E-state index < -0.39 is 11.7 Å². The van der Waals surface area contributed by atoms with E-state index in [0.29, 0.717) is 36.1 Å². The van der Waals surface area contributed by atoms with Crippen LogP contribution >= 0.6 is 0 Å². The van der Waals surface area contributed by atoms with Crippen LogP contribution in [0.4, 0.5) is 4.39 Å². The van der Waals surface area contributed by atoms with Crippen LogP contribution in [0.1, 0.15) is 28.7 Å². The van der Waals surface area contributed by atoms with Crippen molar-refractivity contribution in [3.05, 3.63) is 47.6 Å². The average molecular weight is 298 g/mol. The third-order valence-electron chi connectivity index (χ3n) is 3.69. The molecule has 0 radical (unpaired) electrons. The van der Waals surface area contributed by atoms with Gasteiger partial charge in [0.05, 0.1) is 5.56 Å². The molecule has 0 spiro atoms. The maximum Gasteiger partial charge on any atom is 0.275 e. The summed E-state index contributed by atoms with van der Waals surface area (Å²) in [4.78, 5) is 11.8. The molecule has 1 aromatic rings. The summed E-state index contributed by atoms with van der Waals surface area (Å²) in [5.41, 5.74) is 7.21. The molecule has 1 amide bonds. The van der Waals surface area contributed by atoms with Crippen LogP contribution in [0.3, 0.4) is 0 Å². The Labute approximate surface area is 128 Å². The fourth-order valence-electron chi connectivity index (χ4n) is 2.57. The summed E-state index contributed by atoms with van der Waals surface area (Å²) in [7, 11) is 0. The number of amides is 1. The lowest BCUT2D eigenvalue weighted by molar-refractivity contribution is 0.0999. The molecule has 0 unspecified atom stereocenters. The highest BCUT2D eigenvalue weighted by Gasteiger charge is 2.30. The average Bonchev–Trinajstić information content (AvgIpc) is 2.90. The van der Waals surface area contributed by atoms with Crippen molar-refractivity contribution in [2.45, 2.75) is 26.1 Å². The fourth-order valence-corrected chi connectivity index (χ4v) is 2.57. The molecule has 0 fully saturated rings. The van der Waals surface area contributed by atoms with Crippen LogP contribution in [-0.4, -0.2) is 22.4 Å². The zero-order valence-corrected chi connectivity index (χ0v) is 12.3. The predicted molar refractivity (Wildman–Crippen MR) is 83.7 cm³/mol. The zero-order chi connectivity index (χ0) is 16.3. The third-order valence-corrected chi connectivity index (χ3v) is 3.69. The summed E-state index contributed by atoms with van der Waals surface area (Å²) in [5, 5.41) is 13.5. The lowest BCUT2D eigenvalue weighted by atomic mass is 9.44. The number of allylic oxidation sites excluding steroid dienone is 5. The van der Waals surface area contributed by atoms with Crippen molar-refractivity contribution in [3.63, 3.8) is 0 Å². The number of nitrogens with two attached hydrogens (primary N) is 1. The number of aromatic nitrogens is 2. The summed E-state index contributed by atoms with van der Waals surface area (Å²) >= 11 is 0. The number of nitriles is 1. The second-order valence-electron chi connectivity index (χ2n) is 5.05. The van der Waals surface area contributed by atoms with Crippen LogP contribution < -0.4 is 5.73 Å². The van der Waals surface area contributed by atoms with E-state index in [9.17, 15) is 9.18 Å². The molecular weight excluding hydrogens is 282 g/mol. The van der Waals surface area contributed by atoms with Crippen LogP contribution in [-0.2, 0) is 12.9 Å². The van der Waals surface area contributed by atoms with Gasteiger partial charge < -0.3 is 5.73 Å². The van der Waals surface area contributed by atoms with Gasteiger partial charge in [-0.3, -0.25) is 9.48 Å². The molecule has 0 bridgehead atoms. The lowest BCUT2D eigenvalue weighted by Crippen LogP contribution is -2.28. The number of hydrogen-bond donors (Lipinski definition) is 1. The first-order valence-corrected chi connectivity index (χ1v) is 6.97. The second kappa shape index (κ2) is 6.44. The van der Waals surface area contributed by atoms with E-state index in [-0.39, 0.29) is 12.3 Å². The Bertz CT molecular complexity index is 727. The molecule has 0 aromatic carbocycles. The lowest BCUT2D eigenvalue weighted by Gasteiger charge is -2.15. The molecule has 1 aromatic heterocycles. The number of carbonyl (C=O) groups is 1. The SMILES string of the molecule is C=C/C(F)=C\C(=C/C)c1nn2c(c1C(N)=O)CB(C#N)CC2. The first-order chi connectivity index (χ1) is 10.5. The van der Waals surface area contributed by atoms with Gasteiger partial charge >= 0.3 is 0 Å². The van der Waals surface area contributed by atoms with Crippen LogP contribution in [0.5, 0.6) is 0 Å². The maximum absolute atomic E-state index is 13.5. The van der Waals surface area contributed by atoms with E-state index in [1.165, 1.54) is 6.08 Å². The third kappa shape index (κ3) is 2.86. The molecular formula is C15H16BFN4O. The van der Waals surface area contributed by atoms with Crippen LogP contribution in [0.2, 0.25) is 6.32 Å². The Balaban J connectivity index is 2.59. The molecule has 2 rings (SSSR count). The van der Waals surface area contributed by atoms with Crippen molar-refractivity contribution in [1.29, 1.82) is 5.26 Å². The molecule has 2 N–H and O–H groups in total. The fraction of sp³-hybridized carbons (Fsp3) is 0.267. The molecule has 5 nitrogen and oxygen atoms in total. The summed E-state index contributed by atoms with van der Waals surface area (Å²) in [6.45, 7) is 5.46. The van der Waals surface area contributed by atoms with Gasteiger partial charge in [-0.05, 0) is 31.7 Å². The number of fused-ring (bicyclic) bond motifs is 1. The number of rotatable bonds is 4. The number of primary amides is 1. The van der Waals surface area contributed by atoms with Crippen molar-refractivity contribution in [2.75, 3.05) is 0 Å². The molecule has 22 heavy (non-hydrogen) atoms. The molecule has 0 atom stereocenters. The normalized spacial score (nSPS) is 15.2. The molecule has 7 heteroatoms. The number of nitrogens with zero attached hydrogens (tertiary/aromatic N) is 3. The van der Waals surface area contributed by atoms with E-state index in [0.717, 1.165) is 6.08 Å². The van der Waals surface area contributed by atoms with Crippen molar-refractivity contribution < 1.29 is 9.18 Å². The highest BCUT2D eigenvalue weighted by atomic mass is 19.1. The van der Waals surface area contributed by atoms with E-state index in [4.69, 9.17) is 11.0 Å². The van der Waals surface area contributed by atoms with Crippen molar-refractivity contribution >= 4 is 18.2 Å². The molecule has 1 aliphatic rings. The first kappa shape index (κ1) is 15.8. The summed E-state index contributed by atoms with van der Waals surface area (Å²) in [6.07, 6.45) is 5.09. The van der Waals surface area contributed by atoms with Crippen LogP contribution in [0.25, 0.3) is 5.57 Å². The molecule has 1 aliphatic heterocycles. The van der Waals surface area contributed by atoms with Gasteiger partial charge in [-0.2, -0.15) is 5.10 Å². The summed E-state index contributed by atoms with van der Waals surface area (Å²) in [5.74, 6) is 1.06. The minimum atomic E-state index is -0.624. The minimum Gasteiger partial charge on any atom is -0.365 e. The smallest absolute Gasteiger partial charge is 0.275 e. The Morgan fingerprint density at radius 3 is 2.91 bits per heavy atom. The van der Waals surface area contributed by atoms with Crippen LogP contribution in [0, 0.1) is 11.2 Å². The van der Waals surface area contributed by atoms with Gasteiger partial charge in [0.25, 0.3) is 12.6 Å². The van der Waals surface area contributed by atoms with E-state index >= 15 is 0 Å². The topological polar surface area (TPSA) is 84.7 Å². The first-order valence-electron chi connectivity index (χ1n) is 6.97. The maximum atomic E-state index is 13.5. The van der Waals surface area contributed by atoms with Crippen molar-refractivity contribution in [3.8, 4) is 5.97 Å². The Morgan fingerprint density at radius 2 is 2.36 bits per heavy atom. The van der Waals surface area contributed by atoms with E-state index in [2.05, 4.69) is 17.6 Å². The predicted octanol–water partition coefficient (Wildman–Crippen LogP) is 2.08. The van der Waals surface area contributed by atoms with Gasteiger partial charge in [-0.1, -0.05) is 12.7 Å². The molecule has 112 valence electrons. The van der Waals surface area contributed by atoms with Gasteiger partial charge in [0.15, 0.2) is 0 Å². The monoisotopic (exact) mass is 298 g/mol. The van der Waals surface area contributed by atoms with Gasteiger partial charge in [0, 0.05) is 23.8 Å². The van der Waals surface area contributed by atoms with Gasteiger partial charge in [0.2, 0.25) is 0 Å². The standard InChI is InChI=1S/C15H16BFN4O/c1-3-10(7-11(17)4-2)14-13(15(19)22)12-8-16(9-18)5-6-21(12)20-14/h3-4,7H,2,5-6,8H2,1H3,(H2,19,22)/b10-3+,11-7+. The quantitative estimate of drug-likeness (QED) is 0.682. The Hall–Kier alpha value is -2.62. The van der Waals surface area contributed by atoms with Gasteiger partial charge in [-0.25, -0.2) is 9.65 Å². The Morgan fingerprint density at radius 1 is 1.64 bits per heavy atom. The van der Waals surface area contributed by atoms with Crippen LogP contribution in [0.15, 0.2) is 30.6 Å². The second-order valence-corrected chi connectivity index (χ2v) is 5.05. The number of carbonyl (C=O) groups excluding carboxylic acids is 1. The van der Waals surface area contributed by atoms with Gasteiger partial charge in [0.1, 0.15) is 11.5 Å². The molecule has 2 heterocycles. The zero-order valence-electron chi connectivity index (χ0n) is 12.3. The highest BCUT2D eigenvalue weighted by Crippen LogP contribution is 2.27. The van der Waals surface area contributed by atoms with E-state index in [1.807, 2.05) is 0 Å². The molecule has 0 saturated carbocycles. The number of hydrogen-bond acceptors (Lipinski definition) is 3. The molecule has 0 aliphatic carbocycles. The number of aryl methyl sites for hydroxylation is 1. The van der Waals surface area contributed by atoms with Gasteiger partial charge in [-0.15, -0.1) is 0 Å². The highest BCUT2D eigenvalue weighted by molar-refractivity contribution is 6.66. The summed E-state index contributed by atoms with van der Waals surface area (Å²) < 4.78 is 15.2. The number of halogens is 1. The van der Waals surface area contributed by atoms with E-state index in [1.54, 1.807) is 17.7 Å².